The second-order valence-electron chi connectivity index (χ2n) is 8.70. The summed E-state index contributed by atoms with van der Waals surface area (Å²) in [5.41, 5.74) is 1.07. The number of hydrogen-bond acceptors (Lipinski definition) is 4. The van der Waals surface area contributed by atoms with E-state index in [0.717, 1.165) is 63.2 Å². The van der Waals surface area contributed by atoms with Crippen molar-refractivity contribution in [3.8, 4) is 0 Å². The van der Waals surface area contributed by atoms with Crippen molar-refractivity contribution in [1.82, 2.24) is 15.2 Å². The van der Waals surface area contributed by atoms with Gasteiger partial charge >= 0.3 is 0 Å². The van der Waals surface area contributed by atoms with Gasteiger partial charge in [0.05, 0.1) is 11.4 Å². The maximum absolute atomic E-state index is 12.5. The lowest BCUT2D eigenvalue weighted by molar-refractivity contribution is -0.127. The molecule has 2 aliphatic heterocycles. The number of nitrogens with zero attached hydrogens (tertiary/aromatic N) is 3. The third-order valence-corrected chi connectivity index (χ3v) is 6.64. The number of para-hydroxylation sites is 1. The average molecular weight is 379 g/mol. The van der Waals surface area contributed by atoms with Crippen molar-refractivity contribution in [3.63, 3.8) is 0 Å². The number of hydrogen-bond donors (Lipinski definition) is 1. The third-order valence-electron chi connectivity index (χ3n) is 6.64. The van der Waals surface area contributed by atoms with E-state index < -0.39 is 0 Å². The standard InChI is InChI=1S/C23H30N4O/c28-23(24-19-8-9-19)18-5-3-13-27(16-18)20-11-14-26(15-12-20)22-10-7-17-4-1-2-6-21(17)25-22/h1-2,4,6-7,10,18-20H,3,5,8-9,11-16H2,(H,24,28). The normalized spacial score (nSPS) is 24.4. The highest BCUT2D eigenvalue weighted by atomic mass is 16.2. The first-order valence-corrected chi connectivity index (χ1v) is 10.9. The van der Waals surface area contributed by atoms with Gasteiger partial charge in [0.1, 0.15) is 5.82 Å². The van der Waals surface area contributed by atoms with Crippen molar-refractivity contribution >= 4 is 22.6 Å². The van der Waals surface area contributed by atoms with Crippen LogP contribution in [0.1, 0.15) is 38.5 Å². The number of aromatic nitrogens is 1. The molecule has 5 rings (SSSR count). The molecule has 3 fully saturated rings. The van der Waals surface area contributed by atoms with Crippen LogP contribution in [0.3, 0.4) is 0 Å². The Hall–Kier alpha value is -2.14. The summed E-state index contributed by atoms with van der Waals surface area (Å²) in [5, 5.41) is 4.41. The van der Waals surface area contributed by atoms with Crippen LogP contribution in [0, 0.1) is 5.92 Å². The molecule has 0 radical (unpaired) electrons. The van der Waals surface area contributed by atoms with Gasteiger partial charge in [-0.1, -0.05) is 18.2 Å². The number of benzene rings is 1. The summed E-state index contributed by atoms with van der Waals surface area (Å²) < 4.78 is 0. The second-order valence-corrected chi connectivity index (χ2v) is 8.70. The van der Waals surface area contributed by atoms with Gasteiger partial charge in [-0.15, -0.1) is 0 Å². The van der Waals surface area contributed by atoms with E-state index in [-0.39, 0.29) is 5.92 Å². The van der Waals surface area contributed by atoms with E-state index in [2.05, 4.69) is 51.5 Å². The monoisotopic (exact) mass is 378 g/mol. The first-order chi connectivity index (χ1) is 13.8. The molecule has 5 heteroatoms. The topological polar surface area (TPSA) is 48.5 Å². The number of rotatable bonds is 4. The molecule has 5 nitrogen and oxygen atoms in total. The quantitative estimate of drug-likeness (QED) is 0.888. The van der Waals surface area contributed by atoms with Crippen LogP contribution in [0.5, 0.6) is 0 Å². The van der Waals surface area contributed by atoms with Crippen molar-refractivity contribution in [1.29, 1.82) is 0 Å². The summed E-state index contributed by atoms with van der Waals surface area (Å²) in [7, 11) is 0. The highest BCUT2D eigenvalue weighted by molar-refractivity contribution is 5.80. The number of carbonyl (C=O) groups excluding carboxylic acids is 1. The van der Waals surface area contributed by atoms with Crippen LogP contribution in [0.2, 0.25) is 0 Å². The van der Waals surface area contributed by atoms with E-state index in [1.807, 2.05) is 0 Å². The molecule has 3 heterocycles. The molecule has 28 heavy (non-hydrogen) atoms. The lowest BCUT2D eigenvalue weighted by Crippen LogP contribution is -2.51. The van der Waals surface area contributed by atoms with E-state index in [1.165, 1.54) is 18.2 Å². The van der Waals surface area contributed by atoms with Gasteiger partial charge in [0, 0.05) is 37.1 Å². The van der Waals surface area contributed by atoms with Gasteiger partial charge in [0.15, 0.2) is 0 Å². The van der Waals surface area contributed by atoms with Crippen molar-refractivity contribution in [2.75, 3.05) is 31.1 Å². The lowest BCUT2D eigenvalue weighted by Gasteiger charge is -2.42. The van der Waals surface area contributed by atoms with Crippen LogP contribution >= 0.6 is 0 Å². The minimum Gasteiger partial charge on any atom is -0.356 e. The molecule has 1 saturated carbocycles. The number of fused-ring (bicyclic) bond motifs is 1. The number of carbonyl (C=O) groups is 1. The summed E-state index contributed by atoms with van der Waals surface area (Å²) in [6.45, 7) is 4.18. The Labute approximate surface area is 167 Å². The van der Waals surface area contributed by atoms with Crippen LogP contribution in [-0.4, -0.2) is 54.1 Å². The SMILES string of the molecule is O=C(NC1CC1)C1CCCN(C2CCN(c3ccc4ccccc4n3)CC2)C1. The molecule has 148 valence electrons. The molecule has 2 aromatic rings. The molecule has 1 aliphatic carbocycles. The number of amides is 1. The number of nitrogens with one attached hydrogen (secondary N) is 1. The highest BCUT2D eigenvalue weighted by Gasteiger charge is 2.33. The summed E-state index contributed by atoms with van der Waals surface area (Å²) in [5.74, 6) is 1.58. The summed E-state index contributed by atoms with van der Waals surface area (Å²) in [4.78, 5) is 22.3. The minimum atomic E-state index is 0.189. The molecule has 1 N–H and O–H groups in total. The molecular formula is C23H30N4O. The number of pyridine rings is 1. The van der Waals surface area contributed by atoms with Gasteiger partial charge < -0.3 is 10.2 Å². The van der Waals surface area contributed by atoms with E-state index >= 15 is 0 Å². The minimum absolute atomic E-state index is 0.189. The fourth-order valence-corrected chi connectivity index (χ4v) is 4.79. The second kappa shape index (κ2) is 7.70. The lowest BCUT2D eigenvalue weighted by atomic mass is 9.93. The Kier molecular flexibility index (Phi) is 4.93. The molecule has 1 unspecified atom stereocenters. The largest absolute Gasteiger partial charge is 0.356 e. The zero-order valence-electron chi connectivity index (χ0n) is 16.5. The number of piperidine rings is 2. The molecule has 0 bridgehead atoms. The molecule has 0 spiro atoms. The first-order valence-electron chi connectivity index (χ1n) is 10.9. The van der Waals surface area contributed by atoms with Gasteiger partial charge in [-0.25, -0.2) is 4.98 Å². The van der Waals surface area contributed by atoms with E-state index in [4.69, 9.17) is 4.98 Å². The maximum Gasteiger partial charge on any atom is 0.224 e. The Morgan fingerprint density at radius 2 is 1.79 bits per heavy atom. The van der Waals surface area contributed by atoms with Crippen molar-refractivity contribution in [3.05, 3.63) is 36.4 Å². The fraction of sp³-hybridized carbons (Fsp3) is 0.565. The Morgan fingerprint density at radius 3 is 2.61 bits per heavy atom. The van der Waals surface area contributed by atoms with Crippen LogP contribution in [0.15, 0.2) is 36.4 Å². The molecule has 2 saturated heterocycles. The molecular weight excluding hydrogens is 348 g/mol. The van der Waals surface area contributed by atoms with Gasteiger partial charge in [0.25, 0.3) is 0 Å². The van der Waals surface area contributed by atoms with Crippen LogP contribution in [0.4, 0.5) is 5.82 Å². The van der Waals surface area contributed by atoms with E-state index in [0.29, 0.717) is 18.0 Å². The third kappa shape index (κ3) is 3.86. The van der Waals surface area contributed by atoms with Gasteiger partial charge in [0.2, 0.25) is 5.91 Å². The van der Waals surface area contributed by atoms with Gasteiger partial charge in [-0.2, -0.15) is 0 Å². The van der Waals surface area contributed by atoms with E-state index in [1.54, 1.807) is 0 Å². The predicted octanol–water partition coefficient (Wildman–Crippen LogP) is 3.19. The zero-order valence-corrected chi connectivity index (χ0v) is 16.5. The summed E-state index contributed by atoms with van der Waals surface area (Å²) >= 11 is 0. The molecule has 1 aromatic carbocycles. The average Bonchev–Trinajstić information content (AvgIpc) is 3.57. The van der Waals surface area contributed by atoms with Crippen molar-refractivity contribution in [2.45, 2.75) is 50.6 Å². The Morgan fingerprint density at radius 1 is 0.964 bits per heavy atom. The van der Waals surface area contributed by atoms with Crippen LogP contribution < -0.4 is 10.2 Å². The Balaban J connectivity index is 1.18. The molecule has 1 aromatic heterocycles. The zero-order chi connectivity index (χ0) is 18.9. The Bertz CT molecular complexity index is 841. The van der Waals surface area contributed by atoms with Gasteiger partial charge in [-0.05, 0) is 63.3 Å². The fourth-order valence-electron chi connectivity index (χ4n) is 4.79. The van der Waals surface area contributed by atoms with Crippen LogP contribution in [-0.2, 0) is 4.79 Å². The smallest absolute Gasteiger partial charge is 0.224 e. The molecule has 1 amide bonds. The summed E-state index contributed by atoms with van der Waals surface area (Å²) in [6.07, 6.45) is 6.86. The van der Waals surface area contributed by atoms with Crippen molar-refractivity contribution < 1.29 is 4.79 Å². The predicted molar refractivity (Wildman–Crippen MR) is 112 cm³/mol. The summed E-state index contributed by atoms with van der Waals surface area (Å²) in [6, 6.07) is 13.7. The van der Waals surface area contributed by atoms with E-state index in [9.17, 15) is 4.79 Å². The molecule has 3 aliphatic rings. The van der Waals surface area contributed by atoms with Crippen molar-refractivity contribution in [2.24, 2.45) is 5.92 Å². The maximum atomic E-state index is 12.5. The van der Waals surface area contributed by atoms with Gasteiger partial charge in [-0.3, -0.25) is 9.69 Å². The number of anilines is 1. The van der Waals surface area contributed by atoms with Crippen LogP contribution in [0.25, 0.3) is 10.9 Å². The number of likely N-dealkylation sites (tertiary alicyclic amines) is 1. The highest BCUT2D eigenvalue weighted by Crippen LogP contribution is 2.27. The molecule has 1 atom stereocenters. The first kappa shape index (κ1) is 17.9.